The van der Waals surface area contributed by atoms with Crippen molar-refractivity contribution in [3.05, 3.63) is 94.7 Å². The summed E-state index contributed by atoms with van der Waals surface area (Å²) in [5.74, 6) is 0.982. The van der Waals surface area contributed by atoms with Crippen LogP contribution in [0.4, 0.5) is 5.82 Å². The molecular weight excluding hydrogens is 308 g/mol. The van der Waals surface area contributed by atoms with Crippen LogP contribution in [-0.2, 0) is 13.0 Å². The summed E-state index contributed by atoms with van der Waals surface area (Å²) in [7, 11) is 0. The summed E-state index contributed by atoms with van der Waals surface area (Å²) in [4.78, 5) is 6.96. The SMILES string of the molecule is Cc1cc(N2CCc3ccccc3C2)ncc1C(O)c1ccccc1. The van der Waals surface area contributed by atoms with Gasteiger partial charge in [0.2, 0.25) is 0 Å². The third kappa shape index (κ3) is 3.15. The predicted octanol–water partition coefficient (Wildman–Crippen LogP) is 4.03. The number of aromatic nitrogens is 1. The highest BCUT2D eigenvalue weighted by Crippen LogP contribution is 2.28. The maximum Gasteiger partial charge on any atom is 0.129 e. The summed E-state index contributed by atoms with van der Waals surface area (Å²) in [6, 6.07) is 20.4. The predicted molar refractivity (Wildman–Crippen MR) is 101 cm³/mol. The molecule has 3 aromatic rings. The van der Waals surface area contributed by atoms with Gasteiger partial charge in [0.1, 0.15) is 11.9 Å². The molecule has 1 N–H and O–H groups in total. The Bertz CT molecular complexity index is 876. The summed E-state index contributed by atoms with van der Waals surface area (Å²) in [6.07, 6.45) is 2.23. The van der Waals surface area contributed by atoms with Gasteiger partial charge in [0.05, 0.1) is 0 Å². The lowest BCUT2D eigenvalue weighted by Gasteiger charge is -2.30. The standard InChI is InChI=1S/C22H22N2O/c1-16-13-21(24-12-11-17-7-5-6-10-19(17)15-24)23-14-20(16)22(25)18-8-3-2-4-9-18/h2-10,13-14,22,25H,11-12,15H2,1H3. The second-order valence-corrected chi connectivity index (χ2v) is 6.65. The average Bonchev–Trinajstić information content (AvgIpc) is 2.67. The van der Waals surface area contributed by atoms with E-state index in [1.165, 1.54) is 11.1 Å². The van der Waals surface area contributed by atoms with Crippen LogP contribution in [0.15, 0.2) is 66.9 Å². The maximum atomic E-state index is 10.7. The van der Waals surface area contributed by atoms with Gasteiger partial charge >= 0.3 is 0 Å². The van der Waals surface area contributed by atoms with Gasteiger partial charge in [-0.05, 0) is 41.7 Å². The van der Waals surface area contributed by atoms with Crippen LogP contribution in [0.3, 0.4) is 0 Å². The lowest BCUT2D eigenvalue weighted by molar-refractivity contribution is 0.219. The molecule has 1 atom stereocenters. The first-order chi connectivity index (χ1) is 12.2. The number of nitrogens with zero attached hydrogens (tertiary/aromatic N) is 2. The van der Waals surface area contributed by atoms with Gasteiger partial charge < -0.3 is 10.0 Å². The van der Waals surface area contributed by atoms with Crippen LogP contribution in [0.2, 0.25) is 0 Å². The van der Waals surface area contributed by atoms with Crippen LogP contribution >= 0.6 is 0 Å². The van der Waals surface area contributed by atoms with Crippen molar-refractivity contribution in [3.63, 3.8) is 0 Å². The summed E-state index contributed by atoms with van der Waals surface area (Å²) >= 11 is 0. The number of aryl methyl sites for hydroxylation is 1. The molecule has 2 heterocycles. The van der Waals surface area contributed by atoms with E-state index in [2.05, 4.69) is 40.2 Å². The van der Waals surface area contributed by atoms with Gasteiger partial charge in [0.25, 0.3) is 0 Å². The number of anilines is 1. The van der Waals surface area contributed by atoms with Gasteiger partial charge in [-0.3, -0.25) is 0 Å². The summed E-state index contributed by atoms with van der Waals surface area (Å²) in [5.41, 5.74) is 5.65. The fourth-order valence-electron chi connectivity index (χ4n) is 3.52. The summed E-state index contributed by atoms with van der Waals surface area (Å²) in [5, 5.41) is 10.7. The molecule has 126 valence electrons. The number of hydrogen-bond donors (Lipinski definition) is 1. The fraction of sp³-hybridized carbons (Fsp3) is 0.227. The van der Waals surface area contributed by atoms with E-state index in [0.717, 1.165) is 42.0 Å². The molecule has 1 unspecified atom stereocenters. The number of rotatable bonds is 3. The van der Waals surface area contributed by atoms with Crippen LogP contribution < -0.4 is 4.90 Å². The molecule has 3 nitrogen and oxygen atoms in total. The Morgan fingerprint density at radius 3 is 2.48 bits per heavy atom. The molecule has 0 radical (unpaired) electrons. The Balaban J connectivity index is 1.58. The highest BCUT2D eigenvalue weighted by atomic mass is 16.3. The lowest BCUT2D eigenvalue weighted by atomic mass is 9.98. The molecule has 3 heteroatoms. The van der Waals surface area contributed by atoms with E-state index in [0.29, 0.717) is 0 Å². The molecule has 0 bridgehead atoms. The first kappa shape index (κ1) is 15.9. The van der Waals surface area contributed by atoms with Gasteiger partial charge in [0.15, 0.2) is 0 Å². The van der Waals surface area contributed by atoms with Crippen molar-refractivity contribution < 1.29 is 5.11 Å². The van der Waals surface area contributed by atoms with Gasteiger partial charge in [-0.25, -0.2) is 4.98 Å². The molecule has 1 aliphatic rings. The van der Waals surface area contributed by atoms with Crippen molar-refractivity contribution in [1.29, 1.82) is 0 Å². The minimum absolute atomic E-state index is 0.634. The second kappa shape index (κ2) is 6.69. The maximum absolute atomic E-state index is 10.7. The zero-order valence-electron chi connectivity index (χ0n) is 14.4. The van der Waals surface area contributed by atoms with Gasteiger partial charge in [0, 0.05) is 24.8 Å². The number of pyridine rings is 1. The topological polar surface area (TPSA) is 36.4 Å². The van der Waals surface area contributed by atoms with E-state index in [-0.39, 0.29) is 0 Å². The van der Waals surface area contributed by atoms with E-state index in [4.69, 9.17) is 0 Å². The fourth-order valence-corrected chi connectivity index (χ4v) is 3.52. The van der Waals surface area contributed by atoms with Crippen molar-refractivity contribution in [2.75, 3.05) is 11.4 Å². The molecule has 0 amide bonds. The van der Waals surface area contributed by atoms with Crippen LogP contribution in [-0.4, -0.2) is 16.6 Å². The Morgan fingerprint density at radius 2 is 1.72 bits per heavy atom. The molecule has 2 aromatic carbocycles. The molecule has 0 aliphatic carbocycles. The largest absolute Gasteiger partial charge is 0.384 e. The Labute approximate surface area is 148 Å². The van der Waals surface area contributed by atoms with Crippen molar-refractivity contribution in [2.24, 2.45) is 0 Å². The molecule has 0 spiro atoms. The normalized spacial score (nSPS) is 14.9. The van der Waals surface area contributed by atoms with Gasteiger partial charge in [-0.15, -0.1) is 0 Å². The van der Waals surface area contributed by atoms with E-state index in [1.807, 2.05) is 43.5 Å². The number of benzene rings is 2. The van der Waals surface area contributed by atoms with Crippen molar-refractivity contribution in [2.45, 2.75) is 26.0 Å². The molecule has 1 aliphatic heterocycles. The molecule has 0 saturated heterocycles. The van der Waals surface area contributed by atoms with Crippen LogP contribution in [0.1, 0.15) is 33.9 Å². The van der Waals surface area contributed by atoms with Crippen LogP contribution in [0.25, 0.3) is 0 Å². The van der Waals surface area contributed by atoms with E-state index in [9.17, 15) is 5.11 Å². The molecule has 0 fully saturated rings. The summed E-state index contributed by atoms with van der Waals surface area (Å²) in [6.45, 7) is 3.91. The van der Waals surface area contributed by atoms with Crippen molar-refractivity contribution >= 4 is 5.82 Å². The van der Waals surface area contributed by atoms with Gasteiger partial charge in [-0.2, -0.15) is 0 Å². The summed E-state index contributed by atoms with van der Waals surface area (Å²) < 4.78 is 0. The highest BCUT2D eigenvalue weighted by Gasteiger charge is 2.19. The zero-order chi connectivity index (χ0) is 17.2. The van der Waals surface area contributed by atoms with E-state index >= 15 is 0 Å². The first-order valence-corrected chi connectivity index (χ1v) is 8.73. The Kier molecular flexibility index (Phi) is 4.24. The number of fused-ring (bicyclic) bond motifs is 1. The molecule has 0 saturated carbocycles. The van der Waals surface area contributed by atoms with E-state index in [1.54, 1.807) is 0 Å². The molecular formula is C22H22N2O. The number of aliphatic hydroxyl groups excluding tert-OH is 1. The third-order valence-electron chi connectivity index (χ3n) is 5.00. The number of aliphatic hydroxyl groups is 1. The number of hydrogen-bond acceptors (Lipinski definition) is 3. The average molecular weight is 330 g/mol. The van der Waals surface area contributed by atoms with Crippen molar-refractivity contribution in [1.82, 2.24) is 4.98 Å². The first-order valence-electron chi connectivity index (χ1n) is 8.73. The quantitative estimate of drug-likeness (QED) is 0.787. The molecule has 4 rings (SSSR count). The highest BCUT2D eigenvalue weighted by molar-refractivity contribution is 5.48. The lowest BCUT2D eigenvalue weighted by Crippen LogP contribution is -2.31. The molecule has 1 aromatic heterocycles. The van der Waals surface area contributed by atoms with Crippen LogP contribution in [0.5, 0.6) is 0 Å². The van der Waals surface area contributed by atoms with E-state index < -0.39 is 6.10 Å². The smallest absolute Gasteiger partial charge is 0.129 e. The minimum Gasteiger partial charge on any atom is -0.384 e. The minimum atomic E-state index is -0.634. The Morgan fingerprint density at radius 1 is 1.00 bits per heavy atom. The molecule has 25 heavy (non-hydrogen) atoms. The zero-order valence-corrected chi connectivity index (χ0v) is 14.4. The van der Waals surface area contributed by atoms with Crippen molar-refractivity contribution in [3.8, 4) is 0 Å². The monoisotopic (exact) mass is 330 g/mol. The Hall–Kier alpha value is -2.65. The van der Waals surface area contributed by atoms with Crippen LogP contribution in [0, 0.1) is 6.92 Å². The third-order valence-corrected chi connectivity index (χ3v) is 5.00. The second-order valence-electron chi connectivity index (χ2n) is 6.65. The van der Waals surface area contributed by atoms with Gasteiger partial charge in [-0.1, -0.05) is 54.6 Å².